The lowest BCUT2D eigenvalue weighted by molar-refractivity contribution is -0.142. The zero-order chi connectivity index (χ0) is 25.9. The molecule has 0 unspecified atom stereocenters. The average Bonchev–Trinajstić information content (AvgIpc) is 2.83. The number of benzene rings is 1. The lowest BCUT2D eigenvalue weighted by Crippen LogP contribution is -2.41. The first-order valence-corrected chi connectivity index (χ1v) is 12.6. The number of aliphatic carboxylic acids is 1. The molecule has 1 aromatic carbocycles. The molecule has 0 aliphatic rings. The Morgan fingerprint density at radius 1 is 0.886 bits per heavy atom. The largest absolute Gasteiger partial charge is 0.494 e. The van der Waals surface area contributed by atoms with Gasteiger partial charge in [0.2, 0.25) is 11.8 Å². The van der Waals surface area contributed by atoms with E-state index in [2.05, 4.69) is 10.6 Å². The van der Waals surface area contributed by atoms with E-state index in [-0.39, 0.29) is 36.6 Å². The molecule has 9 heteroatoms. The van der Waals surface area contributed by atoms with E-state index in [0.29, 0.717) is 25.3 Å². The number of nitrogens with one attached hydrogen (secondary N) is 2. The molecule has 0 aliphatic heterocycles. The van der Waals surface area contributed by atoms with Crippen molar-refractivity contribution < 1.29 is 34.1 Å². The normalized spacial score (nSPS) is 11.5. The van der Waals surface area contributed by atoms with Crippen molar-refractivity contribution in [2.24, 2.45) is 0 Å². The zero-order valence-corrected chi connectivity index (χ0v) is 20.7. The van der Waals surface area contributed by atoms with E-state index in [1.165, 1.54) is 12.1 Å². The van der Waals surface area contributed by atoms with E-state index >= 15 is 0 Å². The molecule has 0 radical (unpaired) electrons. The molecule has 0 bridgehead atoms. The highest BCUT2D eigenvalue weighted by molar-refractivity contribution is 5.88. The Labute approximate surface area is 207 Å². The third kappa shape index (κ3) is 14.7. The number of unbranched alkanes of at least 4 members (excludes halogenated alkanes) is 7. The van der Waals surface area contributed by atoms with Crippen LogP contribution in [0.5, 0.6) is 5.75 Å². The lowest BCUT2D eigenvalue weighted by atomic mass is 10.1. The highest BCUT2D eigenvalue weighted by Gasteiger charge is 2.20. The van der Waals surface area contributed by atoms with E-state index < -0.39 is 18.0 Å². The minimum atomic E-state index is -1.13. The van der Waals surface area contributed by atoms with Crippen LogP contribution < -0.4 is 15.4 Å². The highest BCUT2D eigenvalue weighted by Crippen LogP contribution is 2.15. The zero-order valence-electron chi connectivity index (χ0n) is 20.7. The summed E-state index contributed by atoms with van der Waals surface area (Å²) >= 11 is 0. The minimum Gasteiger partial charge on any atom is -0.494 e. The third-order valence-corrected chi connectivity index (χ3v) is 5.54. The molecule has 35 heavy (non-hydrogen) atoms. The number of hydrogen-bond donors (Lipinski definition) is 4. The molecule has 0 spiro atoms. The van der Waals surface area contributed by atoms with Gasteiger partial charge in [-0.3, -0.25) is 9.59 Å². The van der Waals surface area contributed by atoms with Crippen molar-refractivity contribution >= 4 is 23.8 Å². The molecule has 0 aliphatic carbocycles. The summed E-state index contributed by atoms with van der Waals surface area (Å²) in [6.45, 7) is 3.14. The van der Waals surface area contributed by atoms with Crippen LogP contribution in [0.25, 0.3) is 0 Å². The molecule has 0 saturated carbocycles. The lowest BCUT2D eigenvalue weighted by Gasteiger charge is -2.14. The van der Waals surface area contributed by atoms with Gasteiger partial charge in [-0.2, -0.15) is 0 Å². The molecule has 0 aromatic heterocycles. The van der Waals surface area contributed by atoms with Crippen LogP contribution in [0.1, 0.15) is 94.3 Å². The van der Waals surface area contributed by atoms with E-state index in [1.54, 1.807) is 12.1 Å². The number of carbonyl (C=O) groups is 4. The van der Waals surface area contributed by atoms with E-state index in [1.807, 2.05) is 6.92 Å². The van der Waals surface area contributed by atoms with Crippen molar-refractivity contribution in [1.82, 2.24) is 10.6 Å². The fraction of sp³-hybridized carbons (Fsp3) is 0.615. The summed E-state index contributed by atoms with van der Waals surface area (Å²) in [6, 6.07) is 5.40. The molecule has 196 valence electrons. The standard InChI is InChI=1S/C26H40N2O7/c1-2-3-17-27-23(29)16-15-22(26(33)34)28-24(30)14-9-7-5-4-6-8-10-18-35-21-13-11-12-20(19-21)25(31)32/h11-13,19,22H,2-10,14-18H2,1H3,(H,27,29)(H,28,30)(H,31,32)(H,33,34)/t22-/m0/s1. The quantitative estimate of drug-likeness (QED) is 0.200. The van der Waals surface area contributed by atoms with Gasteiger partial charge in [-0.15, -0.1) is 0 Å². The molecule has 2 amide bonds. The molecule has 0 fully saturated rings. The van der Waals surface area contributed by atoms with Gasteiger partial charge in [0.25, 0.3) is 0 Å². The van der Waals surface area contributed by atoms with Crippen LogP contribution >= 0.6 is 0 Å². The van der Waals surface area contributed by atoms with Gasteiger partial charge in [0.05, 0.1) is 12.2 Å². The van der Waals surface area contributed by atoms with Crippen LogP contribution in [0.4, 0.5) is 0 Å². The van der Waals surface area contributed by atoms with Gasteiger partial charge in [0, 0.05) is 19.4 Å². The van der Waals surface area contributed by atoms with Gasteiger partial charge in [-0.25, -0.2) is 9.59 Å². The maximum atomic E-state index is 12.1. The predicted octanol–water partition coefficient (Wildman–Crippen LogP) is 4.15. The smallest absolute Gasteiger partial charge is 0.335 e. The fourth-order valence-corrected chi connectivity index (χ4v) is 3.47. The maximum absolute atomic E-state index is 12.1. The third-order valence-electron chi connectivity index (χ3n) is 5.54. The summed E-state index contributed by atoms with van der Waals surface area (Å²) in [5.41, 5.74) is 0.208. The van der Waals surface area contributed by atoms with Gasteiger partial charge in [-0.05, 0) is 43.9 Å². The number of carbonyl (C=O) groups excluding carboxylic acids is 2. The van der Waals surface area contributed by atoms with E-state index in [4.69, 9.17) is 9.84 Å². The summed E-state index contributed by atoms with van der Waals surface area (Å²) in [5, 5.41) is 23.6. The van der Waals surface area contributed by atoms with Gasteiger partial charge in [-0.1, -0.05) is 51.5 Å². The van der Waals surface area contributed by atoms with Gasteiger partial charge >= 0.3 is 11.9 Å². The molecule has 9 nitrogen and oxygen atoms in total. The monoisotopic (exact) mass is 492 g/mol. The van der Waals surface area contributed by atoms with Gasteiger partial charge in [0.1, 0.15) is 11.8 Å². The number of rotatable bonds is 20. The van der Waals surface area contributed by atoms with Crippen LogP contribution in [-0.2, 0) is 14.4 Å². The van der Waals surface area contributed by atoms with Gasteiger partial charge in [0.15, 0.2) is 0 Å². The number of hydrogen-bond acceptors (Lipinski definition) is 5. The topological polar surface area (TPSA) is 142 Å². The van der Waals surface area contributed by atoms with Crippen LogP contribution in [-0.4, -0.2) is 53.2 Å². The Balaban J connectivity index is 2.06. The second-order valence-electron chi connectivity index (χ2n) is 8.61. The summed E-state index contributed by atoms with van der Waals surface area (Å²) in [4.78, 5) is 46.2. The summed E-state index contributed by atoms with van der Waals surface area (Å²) < 4.78 is 5.60. The van der Waals surface area contributed by atoms with Gasteiger partial charge < -0.3 is 25.6 Å². The van der Waals surface area contributed by atoms with Crippen molar-refractivity contribution in [1.29, 1.82) is 0 Å². The van der Waals surface area contributed by atoms with Crippen molar-refractivity contribution in [2.45, 2.75) is 90.0 Å². The summed E-state index contributed by atoms with van der Waals surface area (Å²) in [7, 11) is 0. The molecule has 0 heterocycles. The molecule has 1 rings (SSSR count). The minimum absolute atomic E-state index is 0.0702. The first kappa shape index (κ1) is 29.9. The Hall–Kier alpha value is -3.10. The number of ether oxygens (including phenoxy) is 1. The second kappa shape index (κ2) is 18.3. The molecule has 0 saturated heterocycles. The molecular weight excluding hydrogens is 452 g/mol. The Bertz CT molecular complexity index is 798. The van der Waals surface area contributed by atoms with Crippen molar-refractivity contribution in [3.63, 3.8) is 0 Å². The SMILES string of the molecule is CCCCNC(=O)CC[C@H](NC(=O)CCCCCCCCCOc1cccc(C(=O)O)c1)C(=O)O. The number of carboxylic acid groups (broad SMARTS) is 2. The Morgan fingerprint density at radius 2 is 1.57 bits per heavy atom. The van der Waals surface area contributed by atoms with Crippen LogP contribution in [0, 0.1) is 0 Å². The first-order chi connectivity index (χ1) is 16.8. The molecule has 1 atom stereocenters. The van der Waals surface area contributed by atoms with E-state index in [9.17, 15) is 24.3 Å². The Morgan fingerprint density at radius 3 is 2.23 bits per heavy atom. The number of amides is 2. The first-order valence-electron chi connectivity index (χ1n) is 12.6. The average molecular weight is 493 g/mol. The van der Waals surface area contributed by atoms with Crippen molar-refractivity contribution in [2.75, 3.05) is 13.2 Å². The van der Waals surface area contributed by atoms with Crippen molar-refractivity contribution in [3.8, 4) is 5.75 Å². The molecule has 4 N–H and O–H groups in total. The van der Waals surface area contributed by atoms with Crippen LogP contribution in [0.15, 0.2) is 24.3 Å². The second-order valence-corrected chi connectivity index (χ2v) is 8.61. The maximum Gasteiger partial charge on any atom is 0.335 e. The number of carboxylic acids is 2. The number of aromatic carboxylic acids is 1. The van der Waals surface area contributed by atoms with Crippen LogP contribution in [0.2, 0.25) is 0 Å². The summed E-state index contributed by atoms with van der Waals surface area (Å²) in [6.07, 6.45) is 8.83. The van der Waals surface area contributed by atoms with E-state index in [0.717, 1.165) is 51.4 Å². The molecular formula is C26H40N2O7. The fourth-order valence-electron chi connectivity index (χ4n) is 3.47. The van der Waals surface area contributed by atoms with Crippen LogP contribution in [0.3, 0.4) is 0 Å². The predicted molar refractivity (Wildman–Crippen MR) is 133 cm³/mol. The highest BCUT2D eigenvalue weighted by atomic mass is 16.5. The molecule has 1 aromatic rings. The van der Waals surface area contributed by atoms with Crippen molar-refractivity contribution in [3.05, 3.63) is 29.8 Å². The summed E-state index contributed by atoms with van der Waals surface area (Å²) in [5.74, 6) is -2.04. The Kier molecular flexibility index (Phi) is 15.6.